The molecule has 0 aliphatic heterocycles. The van der Waals surface area contributed by atoms with Gasteiger partial charge in [-0.05, 0) is 30.0 Å². The smallest absolute Gasteiger partial charge is 0.0676 e. The molecule has 78 valence electrons. The second kappa shape index (κ2) is 4.32. The summed E-state index contributed by atoms with van der Waals surface area (Å²) < 4.78 is 0. The molecule has 0 atom stereocenters. The van der Waals surface area contributed by atoms with Gasteiger partial charge in [0.25, 0.3) is 0 Å². The second-order valence-corrected chi connectivity index (χ2v) is 3.74. The molecule has 0 amide bonds. The minimum atomic E-state index is 0.859. The van der Waals surface area contributed by atoms with Crippen LogP contribution in [-0.2, 0) is 0 Å². The lowest BCUT2D eigenvalue weighted by atomic mass is 10.1. The Morgan fingerprint density at radius 1 is 1.07 bits per heavy atom. The Hall–Kier alpha value is -1.54. The Morgan fingerprint density at radius 3 is 2.53 bits per heavy atom. The summed E-state index contributed by atoms with van der Waals surface area (Å²) in [6.45, 7) is 0.859. The van der Waals surface area contributed by atoms with Crippen molar-refractivity contribution in [1.82, 2.24) is 5.32 Å². The molecule has 0 aliphatic carbocycles. The van der Waals surface area contributed by atoms with Crippen molar-refractivity contribution in [3.05, 3.63) is 42.5 Å². The molecule has 0 saturated heterocycles. The van der Waals surface area contributed by atoms with Crippen molar-refractivity contribution < 1.29 is 0 Å². The van der Waals surface area contributed by atoms with Crippen LogP contribution in [0.25, 0.3) is 10.8 Å². The molecule has 0 radical (unpaired) electrons. The SMILES string of the molecule is CNCN(C)c1ccc2ccccc2c1. The van der Waals surface area contributed by atoms with E-state index in [9.17, 15) is 0 Å². The number of nitrogens with one attached hydrogen (secondary N) is 1. The van der Waals surface area contributed by atoms with E-state index in [1.54, 1.807) is 0 Å². The van der Waals surface area contributed by atoms with E-state index in [4.69, 9.17) is 0 Å². The molecule has 0 heterocycles. The van der Waals surface area contributed by atoms with Gasteiger partial charge in [0.2, 0.25) is 0 Å². The largest absolute Gasteiger partial charge is 0.362 e. The summed E-state index contributed by atoms with van der Waals surface area (Å²) in [5, 5.41) is 5.72. The van der Waals surface area contributed by atoms with Crippen LogP contribution in [0.2, 0.25) is 0 Å². The maximum Gasteiger partial charge on any atom is 0.0676 e. The second-order valence-electron chi connectivity index (χ2n) is 3.74. The average molecular weight is 200 g/mol. The van der Waals surface area contributed by atoms with Crippen molar-refractivity contribution >= 4 is 16.5 Å². The van der Waals surface area contributed by atoms with E-state index >= 15 is 0 Å². The Bertz CT molecular complexity index is 451. The van der Waals surface area contributed by atoms with Crippen LogP contribution in [0, 0.1) is 0 Å². The molecule has 0 bridgehead atoms. The summed E-state index contributed by atoms with van der Waals surface area (Å²) in [4.78, 5) is 2.19. The van der Waals surface area contributed by atoms with Crippen LogP contribution >= 0.6 is 0 Å². The zero-order chi connectivity index (χ0) is 10.7. The van der Waals surface area contributed by atoms with Crippen molar-refractivity contribution in [3.8, 4) is 0 Å². The summed E-state index contributed by atoms with van der Waals surface area (Å²) in [6.07, 6.45) is 0. The highest BCUT2D eigenvalue weighted by Crippen LogP contribution is 2.20. The van der Waals surface area contributed by atoms with Crippen molar-refractivity contribution in [3.63, 3.8) is 0 Å². The zero-order valence-electron chi connectivity index (χ0n) is 9.20. The third-order valence-corrected chi connectivity index (χ3v) is 2.57. The topological polar surface area (TPSA) is 15.3 Å². The summed E-state index contributed by atoms with van der Waals surface area (Å²) in [5.41, 5.74) is 1.24. The molecule has 0 aromatic heterocycles. The van der Waals surface area contributed by atoms with Gasteiger partial charge in [-0.3, -0.25) is 0 Å². The molecule has 2 aromatic rings. The molecule has 2 nitrogen and oxygen atoms in total. The van der Waals surface area contributed by atoms with Crippen LogP contribution in [0.15, 0.2) is 42.5 Å². The first-order valence-corrected chi connectivity index (χ1v) is 5.16. The van der Waals surface area contributed by atoms with E-state index in [0.29, 0.717) is 0 Å². The zero-order valence-corrected chi connectivity index (χ0v) is 9.20. The number of benzene rings is 2. The first kappa shape index (κ1) is 9.99. The Balaban J connectivity index is 2.38. The first-order chi connectivity index (χ1) is 7.31. The fourth-order valence-corrected chi connectivity index (χ4v) is 1.74. The molecule has 2 heteroatoms. The van der Waals surface area contributed by atoms with Crippen LogP contribution < -0.4 is 10.2 Å². The molecule has 0 spiro atoms. The first-order valence-electron chi connectivity index (χ1n) is 5.16. The highest BCUT2D eigenvalue weighted by Gasteiger charge is 1.99. The van der Waals surface area contributed by atoms with E-state index in [0.717, 1.165) is 6.67 Å². The molecule has 15 heavy (non-hydrogen) atoms. The van der Waals surface area contributed by atoms with Crippen molar-refractivity contribution in [2.45, 2.75) is 0 Å². The van der Waals surface area contributed by atoms with Gasteiger partial charge in [0.05, 0.1) is 6.67 Å². The minimum Gasteiger partial charge on any atom is -0.362 e. The van der Waals surface area contributed by atoms with Gasteiger partial charge in [-0.15, -0.1) is 0 Å². The van der Waals surface area contributed by atoms with Gasteiger partial charge < -0.3 is 10.2 Å². The van der Waals surface area contributed by atoms with Crippen LogP contribution in [0.3, 0.4) is 0 Å². The van der Waals surface area contributed by atoms with Crippen molar-refractivity contribution in [2.75, 3.05) is 25.7 Å². The predicted octanol–water partition coefficient (Wildman–Crippen LogP) is 2.45. The third-order valence-electron chi connectivity index (χ3n) is 2.57. The molecule has 2 rings (SSSR count). The van der Waals surface area contributed by atoms with Gasteiger partial charge in [-0.1, -0.05) is 30.3 Å². The van der Waals surface area contributed by atoms with Gasteiger partial charge in [0.15, 0.2) is 0 Å². The number of anilines is 1. The Kier molecular flexibility index (Phi) is 2.88. The molecule has 0 unspecified atom stereocenters. The summed E-state index contributed by atoms with van der Waals surface area (Å²) in [5.74, 6) is 0. The van der Waals surface area contributed by atoms with E-state index in [1.165, 1.54) is 16.5 Å². The fraction of sp³-hybridized carbons (Fsp3) is 0.231. The monoisotopic (exact) mass is 200 g/mol. The lowest BCUT2D eigenvalue weighted by Crippen LogP contribution is -2.28. The van der Waals surface area contributed by atoms with Crippen LogP contribution in [0.5, 0.6) is 0 Å². The number of hydrogen-bond donors (Lipinski definition) is 1. The molecule has 0 aliphatic rings. The van der Waals surface area contributed by atoms with Crippen molar-refractivity contribution in [1.29, 1.82) is 0 Å². The highest BCUT2D eigenvalue weighted by molar-refractivity contribution is 5.85. The summed E-state index contributed by atoms with van der Waals surface area (Å²) in [7, 11) is 4.04. The van der Waals surface area contributed by atoms with E-state index in [2.05, 4.69) is 59.7 Å². The molecular weight excluding hydrogens is 184 g/mol. The third kappa shape index (κ3) is 2.10. The lowest BCUT2D eigenvalue weighted by molar-refractivity contribution is 0.777. The maximum atomic E-state index is 3.14. The number of hydrogen-bond acceptors (Lipinski definition) is 2. The molecular formula is C13H16N2. The van der Waals surface area contributed by atoms with Crippen molar-refractivity contribution in [2.24, 2.45) is 0 Å². The molecule has 0 fully saturated rings. The number of fused-ring (bicyclic) bond motifs is 1. The lowest BCUT2D eigenvalue weighted by Gasteiger charge is -2.19. The average Bonchev–Trinajstić information content (AvgIpc) is 2.29. The van der Waals surface area contributed by atoms with Gasteiger partial charge in [0, 0.05) is 12.7 Å². The van der Waals surface area contributed by atoms with Crippen LogP contribution in [-0.4, -0.2) is 20.8 Å². The fourth-order valence-electron chi connectivity index (χ4n) is 1.74. The van der Waals surface area contributed by atoms with Gasteiger partial charge >= 0.3 is 0 Å². The predicted molar refractivity (Wildman–Crippen MR) is 66.3 cm³/mol. The van der Waals surface area contributed by atoms with Crippen LogP contribution in [0.1, 0.15) is 0 Å². The van der Waals surface area contributed by atoms with Gasteiger partial charge in [0.1, 0.15) is 0 Å². The molecule has 2 aromatic carbocycles. The number of rotatable bonds is 3. The van der Waals surface area contributed by atoms with E-state index in [1.807, 2.05) is 7.05 Å². The Morgan fingerprint density at radius 2 is 1.80 bits per heavy atom. The normalized spacial score (nSPS) is 10.5. The molecule has 0 saturated carbocycles. The van der Waals surface area contributed by atoms with E-state index in [-0.39, 0.29) is 0 Å². The van der Waals surface area contributed by atoms with Gasteiger partial charge in [-0.25, -0.2) is 0 Å². The quantitative estimate of drug-likeness (QED) is 0.766. The van der Waals surface area contributed by atoms with Gasteiger partial charge in [-0.2, -0.15) is 0 Å². The maximum absolute atomic E-state index is 3.14. The summed E-state index contributed by atoms with van der Waals surface area (Å²) >= 11 is 0. The van der Waals surface area contributed by atoms with Crippen LogP contribution in [0.4, 0.5) is 5.69 Å². The molecule has 1 N–H and O–H groups in total. The minimum absolute atomic E-state index is 0.859. The standard InChI is InChI=1S/C13H16N2/c1-14-10-15(2)13-8-7-11-5-3-4-6-12(11)9-13/h3-9,14H,10H2,1-2H3. The highest BCUT2D eigenvalue weighted by atomic mass is 15.2. The van der Waals surface area contributed by atoms with E-state index < -0.39 is 0 Å². The summed E-state index contributed by atoms with van der Waals surface area (Å²) in [6, 6.07) is 15.0. The Labute approximate surface area is 90.5 Å². The number of nitrogens with zero attached hydrogens (tertiary/aromatic N) is 1.